The lowest BCUT2D eigenvalue weighted by molar-refractivity contribution is 0.387. The van der Waals surface area contributed by atoms with Crippen LogP contribution in [0.1, 0.15) is 33.1 Å². The highest BCUT2D eigenvalue weighted by molar-refractivity contribution is 9.10. The van der Waals surface area contributed by atoms with E-state index in [-0.39, 0.29) is 0 Å². The SMILES string of the molecule is CCC(CC)CC(CSc1cccc(Br)c1)NN. The van der Waals surface area contributed by atoms with Gasteiger partial charge in [-0.25, -0.2) is 0 Å². The fraction of sp³-hybridized carbons (Fsp3) is 0.571. The molecule has 1 unspecified atom stereocenters. The largest absolute Gasteiger partial charge is 0.271 e. The Labute approximate surface area is 123 Å². The molecule has 2 nitrogen and oxygen atoms in total. The number of nitrogens with two attached hydrogens (primary N) is 1. The van der Waals surface area contributed by atoms with Gasteiger partial charge in [-0.1, -0.05) is 48.7 Å². The molecule has 1 aromatic carbocycles. The van der Waals surface area contributed by atoms with Crippen LogP contribution < -0.4 is 11.3 Å². The summed E-state index contributed by atoms with van der Waals surface area (Å²) in [5.74, 6) is 7.44. The van der Waals surface area contributed by atoms with Gasteiger partial charge in [0.15, 0.2) is 0 Å². The van der Waals surface area contributed by atoms with Crippen LogP contribution in [0.3, 0.4) is 0 Å². The van der Waals surface area contributed by atoms with Crippen molar-refractivity contribution in [3.63, 3.8) is 0 Å². The molecule has 18 heavy (non-hydrogen) atoms. The Bertz CT molecular complexity index is 342. The average Bonchev–Trinajstić information content (AvgIpc) is 2.39. The van der Waals surface area contributed by atoms with Gasteiger partial charge in [0, 0.05) is 21.2 Å². The Kier molecular flexibility index (Phi) is 7.98. The Balaban J connectivity index is 2.44. The summed E-state index contributed by atoms with van der Waals surface area (Å²) in [6, 6.07) is 8.79. The van der Waals surface area contributed by atoms with E-state index in [0.29, 0.717) is 6.04 Å². The van der Waals surface area contributed by atoms with Crippen molar-refractivity contribution in [2.24, 2.45) is 11.8 Å². The molecule has 4 heteroatoms. The van der Waals surface area contributed by atoms with Crippen LogP contribution in [-0.4, -0.2) is 11.8 Å². The molecular weight excluding hydrogens is 308 g/mol. The standard InChI is InChI=1S/C14H23BrN2S/c1-3-11(4-2)8-13(17-16)10-18-14-7-5-6-12(15)9-14/h5-7,9,11,13,17H,3-4,8,10,16H2,1-2H3. The second-order valence-corrected chi connectivity index (χ2v) is 6.56. The predicted octanol–water partition coefficient (Wildman–Crippen LogP) is 4.20. The summed E-state index contributed by atoms with van der Waals surface area (Å²) in [6.45, 7) is 4.51. The minimum absolute atomic E-state index is 0.388. The van der Waals surface area contributed by atoms with Crippen LogP contribution in [0.2, 0.25) is 0 Å². The lowest BCUT2D eigenvalue weighted by Crippen LogP contribution is -2.38. The van der Waals surface area contributed by atoms with Crippen molar-refractivity contribution in [2.75, 3.05) is 5.75 Å². The smallest absolute Gasteiger partial charge is 0.0307 e. The van der Waals surface area contributed by atoms with Crippen LogP contribution in [0, 0.1) is 5.92 Å². The van der Waals surface area contributed by atoms with Gasteiger partial charge in [0.05, 0.1) is 0 Å². The van der Waals surface area contributed by atoms with E-state index < -0.39 is 0 Å². The number of hydrogen-bond donors (Lipinski definition) is 2. The molecule has 1 rings (SSSR count). The van der Waals surface area contributed by atoms with Crippen molar-refractivity contribution < 1.29 is 0 Å². The first-order valence-corrected chi connectivity index (χ1v) is 8.31. The van der Waals surface area contributed by atoms with Gasteiger partial charge in [0.25, 0.3) is 0 Å². The molecule has 102 valence electrons. The fourth-order valence-corrected chi connectivity index (χ4v) is 3.52. The summed E-state index contributed by atoms with van der Waals surface area (Å²) >= 11 is 5.35. The van der Waals surface area contributed by atoms with E-state index in [1.54, 1.807) is 0 Å². The van der Waals surface area contributed by atoms with E-state index in [2.05, 4.69) is 53.4 Å². The monoisotopic (exact) mass is 330 g/mol. The molecule has 1 atom stereocenters. The zero-order valence-corrected chi connectivity index (χ0v) is 13.6. The van der Waals surface area contributed by atoms with Crippen LogP contribution in [0.15, 0.2) is 33.6 Å². The van der Waals surface area contributed by atoms with Gasteiger partial charge in [-0.05, 0) is 30.5 Å². The second-order valence-electron chi connectivity index (χ2n) is 4.55. The highest BCUT2D eigenvalue weighted by atomic mass is 79.9. The van der Waals surface area contributed by atoms with Gasteiger partial charge in [-0.15, -0.1) is 11.8 Å². The Morgan fingerprint density at radius 1 is 1.33 bits per heavy atom. The summed E-state index contributed by atoms with van der Waals surface area (Å²) in [5.41, 5.74) is 2.95. The molecule has 3 N–H and O–H groups in total. The van der Waals surface area contributed by atoms with Gasteiger partial charge in [-0.2, -0.15) is 0 Å². The first-order chi connectivity index (χ1) is 8.69. The van der Waals surface area contributed by atoms with Gasteiger partial charge < -0.3 is 0 Å². The van der Waals surface area contributed by atoms with Gasteiger partial charge in [0.2, 0.25) is 0 Å². The second kappa shape index (κ2) is 8.97. The topological polar surface area (TPSA) is 38.0 Å². The van der Waals surface area contributed by atoms with Gasteiger partial charge in [0.1, 0.15) is 0 Å². The molecule has 0 heterocycles. The van der Waals surface area contributed by atoms with E-state index in [1.165, 1.54) is 17.7 Å². The Morgan fingerprint density at radius 3 is 2.61 bits per heavy atom. The highest BCUT2D eigenvalue weighted by Gasteiger charge is 2.13. The maximum absolute atomic E-state index is 5.65. The summed E-state index contributed by atoms with van der Waals surface area (Å²) < 4.78 is 1.13. The van der Waals surface area contributed by atoms with E-state index in [4.69, 9.17) is 5.84 Å². The molecule has 0 amide bonds. The normalized spacial score (nSPS) is 12.9. The average molecular weight is 331 g/mol. The van der Waals surface area contributed by atoms with Gasteiger partial charge >= 0.3 is 0 Å². The summed E-state index contributed by atoms with van der Waals surface area (Å²) in [6.07, 6.45) is 3.62. The Morgan fingerprint density at radius 2 is 2.06 bits per heavy atom. The summed E-state index contributed by atoms with van der Waals surface area (Å²) in [4.78, 5) is 1.29. The van der Waals surface area contributed by atoms with Crippen molar-refractivity contribution in [1.82, 2.24) is 5.43 Å². The number of benzene rings is 1. The van der Waals surface area contributed by atoms with Crippen LogP contribution in [0.5, 0.6) is 0 Å². The quantitative estimate of drug-likeness (QED) is 0.426. The molecule has 0 bridgehead atoms. The lowest BCUT2D eigenvalue weighted by atomic mass is 9.96. The maximum Gasteiger partial charge on any atom is 0.0307 e. The molecule has 0 aromatic heterocycles. The molecule has 0 radical (unpaired) electrons. The Hall–Kier alpha value is -0.0300. The predicted molar refractivity (Wildman–Crippen MR) is 84.7 cm³/mol. The third-order valence-corrected chi connectivity index (χ3v) is 4.91. The molecule has 0 spiro atoms. The molecule has 0 fully saturated rings. The number of rotatable bonds is 8. The molecule has 0 aliphatic carbocycles. The van der Waals surface area contributed by atoms with E-state index >= 15 is 0 Å². The molecule has 0 saturated heterocycles. The number of hydrogen-bond acceptors (Lipinski definition) is 3. The molecule has 0 aliphatic heterocycles. The van der Waals surface area contributed by atoms with Crippen molar-refractivity contribution in [3.05, 3.63) is 28.7 Å². The summed E-state index contributed by atoms with van der Waals surface area (Å²) in [5, 5.41) is 0. The lowest BCUT2D eigenvalue weighted by Gasteiger charge is -2.20. The van der Waals surface area contributed by atoms with E-state index in [0.717, 1.165) is 22.6 Å². The third kappa shape index (κ3) is 5.74. The number of hydrazine groups is 1. The summed E-state index contributed by atoms with van der Waals surface area (Å²) in [7, 11) is 0. The van der Waals surface area contributed by atoms with Crippen LogP contribution in [-0.2, 0) is 0 Å². The van der Waals surface area contributed by atoms with E-state index in [9.17, 15) is 0 Å². The zero-order valence-electron chi connectivity index (χ0n) is 11.2. The third-order valence-electron chi connectivity index (χ3n) is 3.26. The minimum atomic E-state index is 0.388. The van der Waals surface area contributed by atoms with Crippen molar-refractivity contribution in [3.8, 4) is 0 Å². The van der Waals surface area contributed by atoms with Crippen molar-refractivity contribution in [2.45, 2.75) is 44.0 Å². The van der Waals surface area contributed by atoms with Crippen LogP contribution in [0.4, 0.5) is 0 Å². The maximum atomic E-state index is 5.65. The highest BCUT2D eigenvalue weighted by Crippen LogP contribution is 2.24. The van der Waals surface area contributed by atoms with E-state index in [1.807, 2.05) is 17.8 Å². The fourth-order valence-electron chi connectivity index (χ4n) is 1.96. The molecule has 1 aromatic rings. The van der Waals surface area contributed by atoms with Crippen LogP contribution >= 0.6 is 27.7 Å². The first-order valence-electron chi connectivity index (χ1n) is 6.54. The number of thioether (sulfide) groups is 1. The molecular formula is C14H23BrN2S. The first kappa shape index (κ1) is 16.0. The molecule has 0 saturated carbocycles. The number of halogens is 1. The van der Waals surface area contributed by atoms with Crippen LogP contribution in [0.25, 0.3) is 0 Å². The van der Waals surface area contributed by atoms with Crippen molar-refractivity contribution >= 4 is 27.7 Å². The molecule has 0 aliphatic rings. The van der Waals surface area contributed by atoms with Gasteiger partial charge in [-0.3, -0.25) is 11.3 Å². The zero-order chi connectivity index (χ0) is 13.4. The number of nitrogens with one attached hydrogen (secondary N) is 1. The van der Waals surface area contributed by atoms with Crippen molar-refractivity contribution in [1.29, 1.82) is 0 Å². The minimum Gasteiger partial charge on any atom is -0.271 e.